The van der Waals surface area contributed by atoms with Gasteiger partial charge in [0.05, 0.1) is 31.0 Å². The van der Waals surface area contributed by atoms with Crippen molar-refractivity contribution in [2.75, 3.05) is 0 Å². The molecule has 3 aromatic carbocycles. The minimum atomic E-state index is -0.750. The van der Waals surface area contributed by atoms with Gasteiger partial charge in [-0.2, -0.15) is 0 Å². The van der Waals surface area contributed by atoms with E-state index in [-0.39, 0.29) is 17.4 Å². The number of hydrogen-bond acceptors (Lipinski definition) is 8. The fourth-order valence-corrected chi connectivity index (χ4v) is 4.23. The molecule has 1 aliphatic rings. The van der Waals surface area contributed by atoms with E-state index < -0.39 is 21.2 Å². The Morgan fingerprint density at radius 1 is 0.971 bits per heavy atom. The van der Waals surface area contributed by atoms with Crippen LogP contribution in [0.5, 0.6) is 11.5 Å². The van der Waals surface area contributed by atoms with Gasteiger partial charge in [0, 0.05) is 6.07 Å². The first-order valence-corrected chi connectivity index (χ1v) is 11.2. The van der Waals surface area contributed by atoms with Crippen LogP contribution in [-0.2, 0) is 4.79 Å². The Morgan fingerprint density at radius 2 is 1.71 bits per heavy atom. The van der Waals surface area contributed by atoms with Crippen LogP contribution in [0.3, 0.4) is 0 Å². The number of nitrogens with zero attached hydrogens (tertiary/aromatic N) is 3. The minimum absolute atomic E-state index is 0.144. The summed E-state index contributed by atoms with van der Waals surface area (Å²) < 4.78 is 6.10. The van der Waals surface area contributed by atoms with Gasteiger partial charge in [0.1, 0.15) is 5.75 Å². The third-order valence-electron chi connectivity index (χ3n) is 4.46. The van der Waals surface area contributed by atoms with Crippen molar-refractivity contribution in [2.45, 2.75) is 0 Å². The van der Waals surface area contributed by atoms with Crippen molar-refractivity contribution in [3.05, 3.63) is 102 Å². The van der Waals surface area contributed by atoms with E-state index >= 15 is 0 Å². The summed E-state index contributed by atoms with van der Waals surface area (Å²) in [5, 5.41) is 25.4. The predicted octanol–water partition coefficient (Wildman–Crippen LogP) is 5.95. The summed E-state index contributed by atoms with van der Waals surface area (Å²) in [6.07, 6.45) is 1.68. The maximum atomic E-state index is 12.3. The van der Waals surface area contributed by atoms with Gasteiger partial charge in [0.2, 0.25) is 5.75 Å². The molecule has 3 aromatic rings. The lowest BCUT2D eigenvalue weighted by Crippen LogP contribution is -2.19. The second-order valence-corrected chi connectivity index (χ2v) is 8.66. The highest BCUT2D eigenvalue weighted by Crippen LogP contribution is 2.38. The van der Waals surface area contributed by atoms with E-state index in [4.69, 9.17) is 4.74 Å². The average molecular weight is 541 g/mol. The van der Waals surface area contributed by atoms with Crippen molar-refractivity contribution in [2.24, 2.45) is 4.99 Å². The van der Waals surface area contributed by atoms with Crippen molar-refractivity contribution in [1.82, 2.24) is 5.32 Å². The number of thioether (sulfide) groups is 1. The van der Waals surface area contributed by atoms with Crippen LogP contribution in [0.2, 0.25) is 0 Å². The number of carbonyl (C=O) groups is 1. The maximum Gasteiger partial charge on any atom is 0.318 e. The topological polar surface area (TPSA) is 137 Å². The molecule has 1 amide bonds. The lowest BCUT2D eigenvalue weighted by atomic mass is 10.2. The first kappa shape index (κ1) is 23.1. The lowest BCUT2D eigenvalue weighted by molar-refractivity contribution is -0.394. The van der Waals surface area contributed by atoms with E-state index in [9.17, 15) is 25.0 Å². The molecule has 10 nitrogen and oxygen atoms in total. The molecule has 0 unspecified atom stereocenters. The molecule has 1 saturated heterocycles. The molecule has 34 heavy (non-hydrogen) atoms. The number of carbonyl (C=O) groups excluding carboxylic acids is 1. The van der Waals surface area contributed by atoms with Crippen LogP contribution in [0.4, 0.5) is 17.1 Å². The van der Waals surface area contributed by atoms with E-state index in [1.54, 1.807) is 24.3 Å². The van der Waals surface area contributed by atoms with Crippen molar-refractivity contribution in [3.63, 3.8) is 0 Å². The van der Waals surface area contributed by atoms with Gasteiger partial charge >= 0.3 is 5.69 Å². The standard InChI is InChI=1S/C22H13BrN4O6S/c23-16-10-13(11-20-21(28)25-22(34-20)24-14-4-2-1-3-5-14)6-8-18(16)33-19-9-7-15(26(29)30)12-17(19)27(31)32/h1-12H,(H,24,25,28)/b20-11-. The molecular formula is C22H13BrN4O6S. The van der Waals surface area contributed by atoms with Gasteiger partial charge in [-0.25, -0.2) is 4.99 Å². The number of non-ortho nitro benzene ring substituents is 1. The van der Waals surface area contributed by atoms with Crippen molar-refractivity contribution >= 4 is 61.9 Å². The van der Waals surface area contributed by atoms with E-state index in [0.29, 0.717) is 20.1 Å². The van der Waals surface area contributed by atoms with E-state index in [0.717, 1.165) is 17.8 Å². The second-order valence-electron chi connectivity index (χ2n) is 6.78. The quantitative estimate of drug-likeness (QED) is 0.231. The van der Waals surface area contributed by atoms with Crippen molar-refractivity contribution in [1.29, 1.82) is 0 Å². The molecule has 4 rings (SSSR count). The summed E-state index contributed by atoms with van der Waals surface area (Å²) >= 11 is 4.56. The Balaban J connectivity index is 1.55. The average Bonchev–Trinajstić information content (AvgIpc) is 3.14. The molecule has 0 saturated carbocycles. The Kier molecular flexibility index (Phi) is 6.70. The molecule has 0 radical (unpaired) electrons. The number of nitro groups is 2. The summed E-state index contributed by atoms with van der Waals surface area (Å²) in [7, 11) is 0. The van der Waals surface area contributed by atoms with Crippen LogP contribution in [-0.4, -0.2) is 20.9 Å². The first-order chi connectivity index (χ1) is 16.3. The normalized spacial score (nSPS) is 15.4. The van der Waals surface area contributed by atoms with Crippen LogP contribution in [0.1, 0.15) is 5.56 Å². The number of amides is 1. The molecule has 170 valence electrons. The summed E-state index contributed by atoms with van der Waals surface area (Å²) in [5.74, 6) is -0.165. The number of para-hydroxylation sites is 1. The summed E-state index contributed by atoms with van der Waals surface area (Å²) in [5.41, 5.74) is 0.450. The van der Waals surface area contributed by atoms with Crippen molar-refractivity contribution < 1.29 is 19.4 Å². The lowest BCUT2D eigenvalue weighted by Gasteiger charge is -2.09. The van der Waals surface area contributed by atoms with Crippen LogP contribution >= 0.6 is 27.7 Å². The molecule has 1 aliphatic heterocycles. The van der Waals surface area contributed by atoms with Gasteiger partial charge in [0.25, 0.3) is 11.6 Å². The summed E-state index contributed by atoms with van der Waals surface area (Å²) in [6, 6.07) is 17.3. The number of nitrogens with one attached hydrogen (secondary N) is 1. The monoisotopic (exact) mass is 540 g/mol. The van der Waals surface area contributed by atoms with Gasteiger partial charge in [0.15, 0.2) is 5.17 Å². The van der Waals surface area contributed by atoms with Gasteiger partial charge < -0.3 is 10.1 Å². The Morgan fingerprint density at radius 3 is 2.38 bits per heavy atom. The third kappa shape index (κ3) is 5.30. The highest BCUT2D eigenvalue weighted by Gasteiger charge is 2.24. The highest BCUT2D eigenvalue weighted by atomic mass is 79.9. The number of halogens is 1. The predicted molar refractivity (Wildman–Crippen MR) is 131 cm³/mol. The highest BCUT2D eigenvalue weighted by molar-refractivity contribution is 9.10. The molecular weight excluding hydrogens is 528 g/mol. The van der Waals surface area contributed by atoms with Gasteiger partial charge in [-0.3, -0.25) is 25.0 Å². The zero-order valence-corrected chi connectivity index (χ0v) is 19.4. The third-order valence-corrected chi connectivity index (χ3v) is 5.99. The van der Waals surface area contributed by atoms with Crippen molar-refractivity contribution in [3.8, 4) is 11.5 Å². The zero-order chi connectivity index (χ0) is 24.2. The van der Waals surface area contributed by atoms with Crippen LogP contribution in [0.15, 0.2) is 81.1 Å². The number of aliphatic imine (C=N–C) groups is 1. The Labute approximate surface area is 204 Å². The number of hydrogen-bond donors (Lipinski definition) is 1. The number of benzene rings is 3. The van der Waals surface area contributed by atoms with E-state index in [1.165, 1.54) is 17.8 Å². The number of nitro benzene ring substituents is 2. The van der Waals surface area contributed by atoms with Gasteiger partial charge in [-0.1, -0.05) is 24.3 Å². The fraction of sp³-hybridized carbons (Fsp3) is 0. The molecule has 0 spiro atoms. The largest absolute Gasteiger partial charge is 0.449 e. The van der Waals surface area contributed by atoms with Crippen LogP contribution < -0.4 is 10.1 Å². The molecule has 1 N–H and O–H groups in total. The zero-order valence-electron chi connectivity index (χ0n) is 17.0. The summed E-state index contributed by atoms with van der Waals surface area (Å²) in [4.78, 5) is 37.9. The van der Waals surface area contributed by atoms with E-state index in [2.05, 4.69) is 26.2 Å². The van der Waals surface area contributed by atoms with Gasteiger partial charge in [-0.05, 0) is 69.7 Å². The Hall–Kier alpha value is -4.03. The molecule has 0 aromatic heterocycles. The van der Waals surface area contributed by atoms with Crippen LogP contribution in [0, 0.1) is 20.2 Å². The fourth-order valence-electron chi connectivity index (χ4n) is 2.91. The number of amidine groups is 1. The minimum Gasteiger partial charge on any atom is -0.449 e. The molecule has 1 fully saturated rings. The van der Waals surface area contributed by atoms with E-state index in [1.807, 2.05) is 30.3 Å². The smallest absolute Gasteiger partial charge is 0.318 e. The molecule has 1 heterocycles. The first-order valence-electron chi connectivity index (χ1n) is 9.55. The molecule has 12 heteroatoms. The maximum absolute atomic E-state index is 12.3. The second kappa shape index (κ2) is 9.85. The number of ether oxygens (including phenoxy) is 1. The van der Waals surface area contributed by atoms with Crippen LogP contribution in [0.25, 0.3) is 6.08 Å². The number of rotatable bonds is 6. The molecule has 0 atom stereocenters. The molecule has 0 bridgehead atoms. The summed E-state index contributed by atoms with van der Waals surface area (Å²) in [6.45, 7) is 0. The molecule has 0 aliphatic carbocycles. The van der Waals surface area contributed by atoms with Gasteiger partial charge in [-0.15, -0.1) is 0 Å². The SMILES string of the molecule is O=C1NC(=Nc2ccccc2)S/C1=C\c1ccc(Oc2ccc([N+](=O)[O-])cc2[N+](=O)[O-])c(Br)c1. The Bertz CT molecular complexity index is 1380.